The van der Waals surface area contributed by atoms with Crippen molar-refractivity contribution in [1.82, 2.24) is 0 Å². The minimum atomic E-state index is -0.717. The van der Waals surface area contributed by atoms with E-state index in [9.17, 15) is 5.11 Å². The molecule has 110 valence electrons. The zero-order valence-corrected chi connectivity index (χ0v) is 12.6. The van der Waals surface area contributed by atoms with Crippen molar-refractivity contribution in [1.29, 1.82) is 0 Å². The highest BCUT2D eigenvalue weighted by Gasteiger charge is 2.24. The van der Waals surface area contributed by atoms with Crippen LogP contribution in [-0.4, -0.2) is 18.3 Å². The molecule has 0 aliphatic carbocycles. The van der Waals surface area contributed by atoms with Gasteiger partial charge in [-0.25, -0.2) is 0 Å². The summed E-state index contributed by atoms with van der Waals surface area (Å²) in [6, 6.07) is 11.8. The van der Waals surface area contributed by atoms with Crippen molar-refractivity contribution in [2.24, 2.45) is 0 Å². The number of aliphatic hydroxyl groups excluding tert-OH is 1. The molecule has 3 nitrogen and oxygen atoms in total. The Morgan fingerprint density at radius 1 is 1.24 bits per heavy atom. The van der Waals surface area contributed by atoms with E-state index >= 15 is 0 Å². The second-order valence-corrected chi connectivity index (χ2v) is 5.65. The summed E-state index contributed by atoms with van der Waals surface area (Å²) in [5, 5.41) is 10.7. The van der Waals surface area contributed by atoms with Gasteiger partial charge in [-0.2, -0.15) is 0 Å². The van der Waals surface area contributed by atoms with E-state index in [0.29, 0.717) is 5.75 Å². The maximum atomic E-state index is 10.7. The van der Waals surface area contributed by atoms with Crippen LogP contribution in [-0.2, 0) is 6.42 Å². The predicted molar refractivity (Wildman–Crippen MR) is 82.0 cm³/mol. The lowest BCUT2D eigenvalue weighted by atomic mass is 9.97. The third-order valence-electron chi connectivity index (χ3n) is 3.94. The Bertz CT molecular complexity index is 646. The SMILES string of the molecule is COc1cc2c(cc1C(O)c1ccc(C)cc1)OC(C)C2. The number of hydrogen-bond acceptors (Lipinski definition) is 3. The van der Waals surface area contributed by atoms with Crippen LogP contribution in [0.15, 0.2) is 36.4 Å². The van der Waals surface area contributed by atoms with Gasteiger partial charge in [0.1, 0.15) is 23.7 Å². The molecule has 1 heterocycles. The van der Waals surface area contributed by atoms with Crippen LogP contribution in [0.1, 0.15) is 35.3 Å². The van der Waals surface area contributed by atoms with Crippen LogP contribution in [0.5, 0.6) is 11.5 Å². The fraction of sp³-hybridized carbons (Fsp3) is 0.333. The molecule has 3 heteroatoms. The summed E-state index contributed by atoms with van der Waals surface area (Å²) < 4.78 is 11.2. The summed E-state index contributed by atoms with van der Waals surface area (Å²) in [5.74, 6) is 1.56. The third kappa shape index (κ3) is 2.61. The molecule has 0 saturated heterocycles. The van der Waals surface area contributed by atoms with Crippen molar-refractivity contribution in [2.45, 2.75) is 32.5 Å². The molecule has 2 unspecified atom stereocenters. The van der Waals surface area contributed by atoms with Gasteiger partial charge >= 0.3 is 0 Å². The molecule has 3 rings (SSSR count). The standard InChI is InChI=1S/C18H20O3/c1-11-4-6-13(7-5-11)18(19)15-10-16-14(8-12(2)21-16)9-17(15)20-3/h4-7,9-10,12,18-19H,8H2,1-3H3. The summed E-state index contributed by atoms with van der Waals surface area (Å²) in [6.45, 7) is 4.07. The van der Waals surface area contributed by atoms with Crippen molar-refractivity contribution in [2.75, 3.05) is 7.11 Å². The number of aliphatic hydroxyl groups is 1. The molecule has 0 radical (unpaired) electrons. The van der Waals surface area contributed by atoms with Crippen LogP contribution in [0.3, 0.4) is 0 Å². The van der Waals surface area contributed by atoms with Crippen LogP contribution in [0.4, 0.5) is 0 Å². The van der Waals surface area contributed by atoms with E-state index in [-0.39, 0.29) is 6.10 Å². The first-order valence-electron chi connectivity index (χ1n) is 7.20. The van der Waals surface area contributed by atoms with Gasteiger partial charge in [0.2, 0.25) is 0 Å². The van der Waals surface area contributed by atoms with Crippen molar-refractivity contribution in [3.8, 4) is 11.5 Å². The maximum absolute atomic E-state index is 10.7. The van der Waals surface area contributed by atoms with Crippen LogP contribution in [0.2, 0.25) is 0 Å². The molecule has 1 N–H and O–H groups in total. The Morgan fingerprint density at radius 2 is 1.95 bits per heavy atom. The second-order valence-electron chi connectivity index (χ2n) is 5.65. The minimum absolute atomic E-state index is 0.177. The monoisotopic (exact) mass is 284 g/mol. The van der Waals surface area contributed by atoms with Gasteiger partial charge in [0, 0.05) is 17.5 Å². The van der Waals surface area contributed by atoms with E-state index in [1.165, 1.54) is 5.56 Å². The first-order chi connectivity index (χ1) is 10.1. The third-order valence-corrected chi connectivity index (χ3v) is 3.94. The lowest BCUT2D eigenvalue weighted by Crippen LogP contribution is -2.05. The number of aryl methyl sites for hydroxylation is 1. The van der Waals surface area contributed by atoms with E-state index in [2.05, 4.69) is 0 Å². The molecule has 2 atom stereocenters. The van der Waals surface area contributed by atoms with Crippen LogP contribution >= 0.6 is 0 Å². The van der Waals surface area contributed by atoms with Crippen molar-refractivity contribution < 1.29 is 14.6 Å². The average molecular weight is 284 g/mol. The van der Waals surface area contributed by atoms with E-state index in [4.69, 9.17) is 9.47 Å². The zero-order chi connectivity index (χ0) is 15.0. The molecule has 0 bridgehead atoms. The molecular weight excluding hydrogens is 264 g/mol. The summed E-state index contributed by atoms with van der Waals surface area (Å²) >= 11 is 0. The highest BCUT2D eigenvalue weighted by molar-refractivity contribution is 5.51. The zero-order valence-electron chi connectivity index (χ0n) is 12.6. The summed E-state index contributed by atoms with van der Waals surface area (Å²) in [6.07, 6.45) is 0.342. The van der Waals surface area contributed by atoms with E-state index in [0.717, 1.165) is 28.9 Å². The molecule has 21 heavy (non-hydrogen) atoms. The number of rotatable bonds is 3. The lowest BCUT2D eigenvalue weighted by Gasteiger charge is -2.17. The van der Waals surface area contributed by atoms with E-state index in [1.54, 1.807) is 7.11 Å². The predicted octanol–water partition coefficient (Wildman–Crippen LogP) is 3.41. The topological polar surface area (TPSA) is 38.7 Å². The first kappa shape index (κ1) is 14.0. The number of ether oxygens (including phenoxy) is 2. The quantitative estimate of drug-likeness (QED) is 0.938. The molecular formula is C18H20O3. The Hall–Kier alpha value is -2.00. The van der Waals surface area contributed by atoms with Gasteiger partial charge in [-0.15, -0.1) is 0 Å². The summed E-state index contributed by atoms with van der Waals surface area (Å²) in [5.41, 5.74) is 3.90. The molecule has 0 saturated carbocycles. The van der Waals surface area contributed by atoms with Gasteiger partial charge in [-0.05, 0) is 31.5 Å². The first-order valence-corrected chi connectivity index (χ1v) is 7.20. The number of methoxy groups -OCH3 is 1. The van der Waals surface area contributed by atoms with Crippen molar-refractivity contribution >= 4 is 0 Å². The average Bonchev–Trinajstić information content (AvgIpc) is 2.85. The molecule has 1 aliphatic rings. The van der Waals surface area contributed by atoms with Gasteiger partial charge in [0.25, 0.3) is 0 Å². The molecule has 0 fully saturated rings. The summed E-state index contributed by atoms with van der Waals surface area (Å²) in [4.78, 5) is 0. The molecule has 2 aromatic carbocycles. The van der Waals surface area contributed by atoms with E-state index < -0.39 is 6.10 Å². The number of fused-ring (bicyclic) bond motifs is 1. The summed E-state index contributed by atoms with van der Waals surface area (Å²) in [7, 11) is 1.63. The van der Waals surface area contributed by atoms with Gasteiger partial charge < -0.3 is 14.6 Å². The Kier molecular flexibility index (Phi) is 3.60. The Balaban J connectivity index is 2.01. The number of benzene rings is 2. The normalized spacial score (nSPS) is 18.0. The van der Waals surface area contributed by atoms with Crippen LogP contribution < -0.4 is 9.47 Å². The molecule has 0 spiro atoms. The number of hydrogen-bond donors (Lipinski definition) is 1. The Labute approximate surface area is 125 Å². The largest absolute Gasteiger partial charge is 0.496 e. The Morgan fingerprint density at radius 3 is 2.62 bits per heavy atom. The van der Waals surface area contributed by atoms with Crippen LogP contribution in [0.25, 0.3) is 0 Å². The van der Waals surface area contributed by atoms with Gasteiger partial charge in [0.15, 0.2) is 0 Å². The van der Waals surface area contributed by atoms with Gasteiger partial charge in [-0.1, -0.05) is 29.8 Å². The van der Waals surface area contributed by atoms with Crippen molar-refractivity contribution in [3.63, 3.8) is 0 Å². The fourth-order valence-electron chi connectivity index (χ4n) is 2.77. The molecule has 1 aliphatic heterocycles. The highest BCUT2D eigenvalue weighted by atomic mass is 16.5. The van der Waals surface area contributed by atoms with Gasteiger partial charge in [0.05, 0.1) is 7.11 Å². The van der Waals surface area contributed by atoms with Crippen LogP contribution in [0, 0.1) is 6.92 Å². The van der Waals surface area contributed by atoms with Gasteiger partial charge in [-0.3, -0.25) is 0 Å². The molecule has 2 aromatic rings. The smallest absolute Gasteiger partial charge is 0.125 e. The fourth-order valence-corrected chi connectivity index (χ4v) is 2.77. The minimum Gasteiger partial charge on any atom is -0.496 e. The second kappa shape index (κ2) is 5.41. The lowest BCUT2D eigenvalue weighted by molar-refractivity contribution is 0.213. The molecule has 0 amide bonds. The maximum Gasteiger partial charge on any atom is 0.125 e. The van der Waals surface area contributed by atoms with E-state index in [1.807, 2.05) is 50.2 Å². The highest BCUT2D eigenvalue weighted by Crippen LogP contribution is 2.39. The molecule has 0 aromatic heterocycles. The van der Waals surface area contributed by atoms with Crippen molar-refractivity contribution in [3.05, 3.63) is 58.7 Å².